The van der Waals surface area contributed by atoms with Crippen molar-refractivity contribution < 1.29 is 27.1 Å². The number of hydrogen-bond donors (Lipinski definition) is 0. The minimum absolute atomic E-state index is 0.0845. The van der Waals surface area contributed by atoms with Gasteiger partial charge in [0.25, 0.3) is 0 Å². The van der Waals surface area contributed by atoms with Crippen LogP contribution in [0, 0.1) is 0 Å². The van der Waals surface area contributed by atoms with E-state index >= 15 is 0 Å². The number of esters is 1. The van der Waals surface area contributed by atoms with Crippen molar-refractivity contribution in [3.63, 3.8) is 0 Å². The summed E-state index contributed by atoms with van der Waals surface area (Å²) in [5, 5.41) is 0.802. The van der Waals surface area contributed by atoms with E-state index in [4.69, 9.17) is 13.9 Å². The van der Waals surface area contributed by atoms with Crippen molar-refractivity contribution in [2.24, 2.45) is 0 Å². The van der Waals surface area contributed by atoms with Gasteiger partial charge in [-0.3, -0.25) is 0 Å². The molecule has 0 aliphatic carbocycles. The SMILES string of the molecule is O=C(Oc1ccc(S(=O)(=O)N2CCOCC2)cc1)c1cc2ccccc2o1. The van der Waals surface area contributed by atoms with E-state index in [1.165, 1.54) is 28.6 Å². The van der Waals surface area contributed by atoms with Crippen molar-refractivity contribution in [2.45, 2.75) is 4.90 Å². The predicted octanol–water partition coefficient (Wildman–Crippen LogP) is 2.67. The van der Waals surface area contributed by atoms with Gasteiger partial charge in [-0.05, 0) is 36.4 Å². The second kappa shape index (κ2) is 7.15. The van der Waals surface area contributed by atoms with Crippen LogP contribution in [-0.2, 0) is 14.8 Å². The van der Waals surface area contributed by atoms with Crippen LogP contribution in [0.15, 0.2) is 63.9 Å². The van der Waals surface area contributed by atoms with Gasteiger partial charge < -0.3 is 13.9 Å². The third-order valence-corrected chi connectivity index (χ3v) is 6.18. The zero-order chi connectivity index (χ0) is 18.9. The minimum Gasteiger partial charge on any atom is -0.449 e. The van der Waals surface area contributed by atoms with Gasteiger partial charge in [0.15, 0.2) is 0 Å². The first kappa shape index (κ1) is 17.7. The average molecular weight is 387 g/mol. The van der Waals surface area contributed by atoms with Crippen LogP contribution in [0.2, 0.25) is 0 Å². The lowest BCUT2D eigenvalue weighted by atomic mass is 10.2. The van der Waals surface area contributed by atoms with Gasteiger partial charge >= 0.3 is 5.97 Å². The molecular weight excluding hydrogens is 370 g/mol. The van der Waals surface area contributed by atoms with Crippen LogP contribution in [0.3, 0.4) is 0 Å². The highest BCUT2D eigenvalue weighted by molar-refractivity contribution is 7.89. The standard InChI is InChI=1S/C19H17NO6S/c21-19(18-13-14-3-1-2-4-17(14)26-18)25-15-5-7-16(8-6-15)27(22,23)20-9-11-24-12-10-20/h1-8,13H,9-12H2. The summed E-state index contributed by atoms with van der Waals surface area (Å²) in [4.78, 5) is 12.4. The molecule has 0 amide bonds. The summed E-state index contributed by atoms with van der Waals surface area (Å²) in [5.41, 5.74) is 0.594. The molecule has 2 aromatic carbocycles. The molecule has 8 heteroatoms. The molecule has 0 radical (unpaired) electrons. The highest BCUT2D eigenvalue weighted by Gasteiger charge is 2.26. The first-order chi connectivity index (χ1) is 13.0. The molecule has 1 fully saturated rings. The maximum Gasteiger partial charge on any atom is 0.379 e. The van der Waals surface area contributed by atoms with Crippen molar-refractivity contribution in [2.75, 3.05) is 26.3 Å². The molecule has 1 saturated heterocycles. The van der Waals surface area contributed by atoms with Gasteiger partial charge in [-0.1, -0.05) is 18.2 Å². The Labute approximate surface area is 156 Å². The number of sulfonamides is 1. The fraction of sp³-hybridized carbons (Fsp3) is 0.211. The van der Waals surface area contributed by atoms with Gasteiger partial charge in [0, 0.05) is 18.5 Å². The largest absolute Gasteiger partial charge is 0.449 e. The Kier molecular flexibility index (Phi) is 4.69. The molecule has 0 unspecified atom stereocenters. The van der Waals surface area contributed by atoms with Crippen LogP contribution in [0.5, 0.6) is 5.75 Å². The van der Waals surface area contributed by atoms with E-state index in [-0.39, 0.29) is 16.4 Å². The number of carbonyl (C=O) groups is 1. The monoisotopic (exact) mass is 387 g/mol. The van der Waals surface area contributed by atoms with E-state index in [0.717, 1.165) is 5.39 Å². The third-order valence-electron chi connectivity index (χ3n) is 4.27. The van der Waals surface area contributed by atoms with Crippen LogP contribution < -0.4 is 4.74 Å². The summed E-state index contributed by atoms with van der Waals surface area (Å²) in [6.45, 7) is 1.41. The lowest BCUT2D eigenvalue weighted by Crippen LogP contribution is -2.40. The Morgan fingerprint density at radius 3 is 2.41 bits per heavy atom. The fourth-order valence-electron chi connectivity index (χ4n) is 2.86. The van der Waals surface area contributed by atoms with Crippen LogP contribution >= 0.6 is 0 Å². The lowest BCUT2D eigenvalue weighted by molar-refractivity contribution is 0.0703. The van der Waals surface area contributed by atoms with E-state index in [1.807, 2.05) is 18.2 Å². The van der Waals surface area contributed by atoms with E-state index < -0.39 is 16.0 Å². The molecule has 0 bridgehead atoms. The second-order valence-electron chi connectivity index (χ2n) is 6.03. The Hall–Kier alpha value is -2.68. The molecule has 7 nitrogen and oxygen atoms in total. The fourth-order valence-corrected chi connectivity index (χ4v) is 4.26. The highest BCUT2D eigenvalue weighted by atomic mass is 32.2. The number of nitrogens with zero attached hydrogens (tertiary/aromatic N) is 1. The smallest absolute Gasteiger partial charge is 0.379 e. The quantitative estimate of drug-likeness (QED) is 0.505. The molecule has 1 aliphatic rings. The molecular formula is C19H17NO6S. The number of benzene rings is 2. The molecule has 27 heavy (non-hydrogen) atoms. The number of hydrogen-bond acceptors (Lipinski definition) is 6. The van der Waals surface area contributed by atoms with Gasteiger partial charge in [-0.2, -0.15) is 4.31 Å². The molecule has 3 aromatic rings. The molecule has 1 aromatic heterocycles. The highest BCUT2D eigenvalue weighted by Crippen LogP contribution is 2.23. The molecule has 4 rings (SSSR count). The maximum atomic E-state index is 12.6. The van der Waals surface area contributed by atoms with E-state index in [2.05, 4.69) is 0 Å². The normalized spacial score (nSPS) is 15.7. The van der Waals surface area contributed by atoms with Gasteiger partial charge in [0.05, 0.1) is 18.1 Å². The second-order valence-corrected chi connectivity index (χ2v) is 7.96. The maximum absolute atomic E-state index is 12.6. The molecule has 0 N–H and O–H groups in total. The van der Waals surface area contributed by atoms with Crippen LogP contribution in [-0.4, -0.2) is 45.0 Å². The van der Waals surface area contributed by atoms with Crippen molar-refractivity contribution in [1.82, 2.24) is 4.31 Å². The van der Waals surface area contributed by atoms with E-state index in [0.29, 0.717) is 31.9 Å². The zero-order valence-electron chi connectivity index (χ0n) is 14.3. The molecule has 0 saturated carbocycles. The number of morpholine rings is 1. The summed E-state index contributed by atoms with van der Waals surface area (Å²) < 4.78 is 42.5. The van der Waals surface area contributed by atoms with E-state index in [9.17, 15) is 13.2 Å². The van der Waals surface area contributed by atoms with Crippen molar-refractivity contribution in [1.29, 1.82) is 0 Å². The number of ether oxygens (including phenoxy) is 2. The summed E-state index contributed by atoms with van der Waals surface area (Å²) in [6, 6.07) is 14.6. The van der Waals surface area contributed by atoms with Gasteiger partial charge in [0.1, 0.15) is 11.3 Å². The first-order valence-electron chi connectivity index (χ1n) is 8.43. The van der Waals surface area contributed by atoms with Crippen molar-refractivity contribution in [3.8, 4) is 5.75 Å². The van der Waals surface area contributed by atoms with Crippen LogP contribution in [0.4, 0.5) is 0 Å². The topological polar surface area (TPSA) is 86.1 Å². The lowest BCUT2D eigenvalue weighted by Gasteiger charge is -2.26. The average Bonchev–Trinajstić information content (AvgIpc) is 3.13. The molecule has 140 valence electrons. The van der Waals surface area contributed by atoms with E-state index in [1.54, 1.807) is 12.1 Å². The van der Waals surface area contributed by atoms with Crippen molar-refractivity contribution in [3.05, 3.63) is 60.4 Å². The summed E-state index contributed by atoms with van der Waals surface area (Å²) in [5.74, 6) is -0.322. The Morgan fingerprint density at radius 2 is 1.70 bits per heavy atom. The van der Waals surface area contributed by atoms with Crippen molar-refractivity contribution >= 4 is 27.0 Å². The Morgan fingerprint density at radius 1 is 1.00 bits per heavy atom. The van der Waals surface area contributed by atoms with Gasteiger partial charge in [-0.25, -0.2) is 13.2 Å². The van der Waals surface area contributed by atoms with Crippen LogP contribution in [0.1, 0.15) is 10.6 Å². The molecule has 0 atom stereocenters. The zero-order valence-corrected chi connectivity index (χ0v) is 15.1. The number of rotatable bonds is 4. The third kappa shape index (κ3) is 3.59. The van der Waals surface area contributed by atoms with Gasteiger partial charge in [0.2, 0.25) is 15.8 Å². The summed E-state index contributed by atoms with van der Waals surface area (Å²) >= 11 is 0. The summed E-state index contributed by atoms with van der Waals surface area (Å²) in [7, 11) is -3.58. The number of furan rings is 1. The predicted molar refractivity (Wildman–Crippen MR) is 97.2 cm³/mol. The number of carbonyl (C=O) groups excluding carboxylic acids is 1. The Bertz CT molecular complexity index is 1030. The van der Waals surface area contributed by atoms with Gasteiger partial charge in [-0.15, -0.1) is 0 Å². The number of fused-ring (bicyclic) bond motifs is 1. The number of para-hydroxylation sites is 1. The molecule has 0 spiro atoms. The summed E-state index contributed by atoms with van der Waals surface area (Å²) in [6.07, 6.45) is 0. The molecule has 2 heterocycles. The minimum atomic E-state index is -3.58. The molecule has 1 aliphatic heterocycles. The van der Waals surface area contributed by atoms with Crippen LogP contribution in [0.25, 0.3) is 11.0 Å². The Balaban J connectivity index is 1.49. The first-order valence-corrected chi connectivity index (χ1v) is 9.87.